The number of amides is 1. The van der Waals surface area contributed by atoms with Crippen molar-refractivity contribution in [1.29, 1.82) is 0 Å². The van der Waals surface area contributed by atoms with E-state index in [1.807, 2.05) is 48.5 Å². The summed E-state index contributed by atoms with van der Waals surface area (Å²) < 4.78 is 10.6. The van der Waals surface area contributed by atoms with Gasteiger partial charge in [0.05, 0.1) is 7.11 Å². The summed E-state index contributed by atoms with van der Waals surface area (Å²) in [5.41, 5.74) is 7.42. The first-order valence-electron chi connectivity index (χ1n) is 7.50. The number of hydrogen-bond donors (Lipinski definition) is 2. The number of nitrogens with one attached hydrogen (secondary N) is 1. The van der Waals surface area contributed by atoms with Gasteiger partial charge in [0.25, 0.3) is 0 Å². The summed E-state index contributed by atoms with van der Waals surface area (Å²) >= 11 is 0. The van der Waals surface area contributed by atoms with E-state index in [0.717, 1.165) is 23.6 Å². The molecule has 0 fully saturated rings. The van der Waals surface area contributed by atoms with Crippen molar-refractivity contribution >= 4 is 12.1 Å². The van der Waals surface area contributed by atoms with Gasteiger partial charge in [-0.05, 0) is 36.2 Å². The molecular formula is C18H24N2O3. The summed E-state index contributed by atoms with van der Waals surface area (Å²) in [6, 6.07) is 15.2. The van der Waals surface area contributed by atoms with Crippen LogP contribution in [-0.2, 0) is 11.2 Å². The van der Waals surface area contributed by atoms with Crippen LogP contribution in [0.5, 0.6) is 11.5 Å². The van der Waals surface area contributed by atoms with Gasteiger partial charge in [0.2, 0.25) is 6.41 Å². The van der Waals surface area contributed by atoms with Crippen LogP contribution in [0, 0.1) is 0 Å². The molecule has 5 nitrogen and oxygen atoms in total. The Bertz CT molecular complexity index is 574. The second-order valence-corrected chi connectivity index (χ2v) is 4.60. The number of rotatable bonds is 7. The van der Waals surface area contributed by atoms with Crippen molar-refractivity contribution < 1.29 is 14.3 Å². The lowest BCUT2D eigenvalue weighted by atomic mass is 10.1. The van der Waals surface area contributed by atoms with Crippen LogP contribution in [0.4, 0.5) is 5.69 Å². The Kier molecular flexibility index (Phi) is 8.93. The monoisotopic (exact) mass is 316 g/mol. The maximum Gasteiger partial charge on any atom is 0.211 e. The second-order valence-electron chi connectivity index (χ2n) is 4.60. The van der Waals surface area contributed by atoms with E-state index in [1.54, 1.807) is 7.11 Å². The molecule has 3 N–H and O–H groups in total. The van der Waals surface area contributed by atoms with Gasteiger partial charge in [-0.15, -0.1) is 0 Å². The molecule has 5 heteroatoms. The molecule has 23 heavy (non-hydrogen) atoms. The largest absolute Gasteiger partial charge is 0.493 e. The van der Waals surface area contributed by atoms with Crippen LogP contribution >= 0.6 is 0 Å². The van der Waals surface area contributed by atoms with Crippen molar-refractivity contribution in [2.75, 3.05) is 25.6 Å². The van der Waals surface area contributed by atoms with Gasteiger partial charge in [-0.3, -0.25) is 4.79 Å². The Morgan fingerprint density at radius 3 is 2.43 bits per heavy atom. The maximum absolute atomic E-state index is 9.86. The Morgan fingerprint density at radius 2 is 1.87 bits per heavy atom. The Labute approximate surface area is 137 Å². The van der Waals surface area contributed by atoms with Gasteiger partial charge in [0, 0.05) is 12.2 Å². The lowest BCUT2D eigenvalue weighted by molar-refractivity contribution is -0.105. The molecule has 0 aliphatic carbocycles. The molecule has 0 spiro atoms. The number of carbonyl (C=O) groups excluding carboxylic acids is 1. The molecule has 0 bridgehead atoms. The summed E-state index contributed by atoms with van der Waals surface area (Å²) in [5.74, 6) is 1.54. The average molecular weight is 316 g/mol. The van der Waals surface area contributed by atoms with Gasteiger partial charge in [0.1, 0.15) is 6.61 Å². The molecule has 0 aliphatic rings. The second kappa shape index (κ2) is 11.1. The summed E-state index contributed by atoms with van der Waals surface area (Å²) in [6.07, 6.45) is 1.66. The fraction of sp³-hybridized carbons (Fsp3) is 0.278. The first-order valence-corrected chi connectivity index (χ1v) is 7.50. The Morgan fingerprint density at radius 1 is 1.13 bits per heavy atom. The number of ether oxygens (including phenoxy) is 2. The van der Waals surface area contributed by atoms with E-state index in [-0.39, 0.29) is 0 Å². The smallest absolute Gasteiger partial charge is 0.211 e. The highest BCUT2D eigenvalue weighted by atomic mass is 16.5. The van der Waals surface area contributed by atoms with E-state index in [2.05, 4.69) is 12.2 Å². The van der Waals surface area contributed by atoms with E-state index in [4.69, 9.17) is 15.2 Å². The first kappa shape index (κ1) is 18.5. The van der Waals surface area contributed by atoms with Crippen LogP contribution in [0.25, 0.3) is 0 Å². The summed E-state index contributed by atoms with van der Waals surface area (Å²) in [7, 11) is 1.64. The standard InChI is InChI=1S/C11H17NO2.C7H7NO/c1-3-9-4-5-10(14-7-6-12)11(8-9)13-2;9-6-8-7-4-2-1-3-5-7/h4-5,8H,3,6-7,12H2,1-2H3;1-6H,(H,8,9). The first-order chi connectivity index (χ1) is 11.2. The zero-order valence-corrected chi connectivity index (χ0v) is 13.6. The molecule has 0 saturated heterocycles. The van der Waals surface area contributed by atoms with Crippen molar-refractivity contribution in [2.24, 2.45) is 5.73 Å². The third-order valence-electron chi connectivity index (χ3n) is 3.01. The van der Waals surface area contributed by atoms with Gasteiger partial charge in [-0.1, -0.05) is 31.2 Å². The van der Waals surface area contributed by atoms with Crippen molar-refractivity contribution in [3.8, 4) is 11.5 Å². The maximum atomic E-state index is 9.86. The van der Waals surface area contributed by atoms with Crippen molar-refractivity contribution in [3.05, 3.63) is 54.1 Å². The number of methoxy groups -OCH3 is 1. The van der Waals surface area contributed by atoms with Gasteiger partial charge < -0.3 is 20.5 Å². The van der Waals surface area contributed by atoms with Crippen LogP contribution in [-0.4, -0.2) is 26.7 Å². The number of aryl methyl sites for hydroxylation is 1. The van der Waals surface area contributed by atoms with Crippen LogP contribution < -0.4 is 20.5 Å². The number of para-hydroxylation sites is 1. The predicted molar refractivity (Wildman–Crippen MR) is 93.1 cm³/mol. The van der Waals surface area contributed by atoms with Crippen LogP contribution in [0.1, 0.15) is 12.5 Å². The van der Waals surface area contributed by atoms with Gasteiger partial charge >= 0.3 is 0 Å². The normalized spacial score (nSPS) is 9.35. The highest BCUT2D eigenvalue weighted by molar-refractivity contribution is 5.70. The van der Waals surface area contributed by atoms with E-state index < -0.39 is 0 Å². The van der Waals surface area contributed by atoms with E-state index in [1.165, 1.54) is 5.56 Å². The Balaban J connectivity index is 0.000000253. The van der Waals surface area contributed by atoms with Crippen molar-refractivity contribution in [2.45, 2.75) is 13.3 Å². The SMILES string of the molecule is CCc1ccc(OCCN)c(OC)c1.O=CNc1ccccc1. The molecule has 0 aromatic heterocycles. The molecule has 1 amide bonds. The minimum atomic E-state index is 0.513. The summed E-state index contributed by atoms with van der Waals surface area (Å²) in [5, 5.41) is 2.53. The fourth-order valence-corrected chi connectivity index (χ4v) is 1.82. The lowest BCUT2D eigenvalue weighted by Gasteiger charge is -2.10. The Hall–Kier alpha value is -2.53. The molecular weight excluding hydrogens is 292 g/mol. The molecule has 124 valence electrons. The third kappa shape index (κ3) is 6.84. The van der Waals surface area contributed by atoms with E-state index >= 15 is 0 Å². The number of benzene rings is 2. The molecule has 0 heterocycles. The van der Waals surface area contributed by atoms with Gasteiger partial charge in [-0.2, -0.15) is 0 Å². The summed E-state index contributed by atoms with van der Waals surface area (Å²) in [4.78, 5) is 9.86. The predicted octanol–water partition coefficient (Wildman–Crippen LogP) is 2.85. The van der Waals surface area contributed by atoms with Gasteiger partial charge in [0.15, 0.2) is 11.5 Å². The van der Waals surface area contributed by atoms with Crippen LogP contribution in [0.2, 0.25) is 0 Å². The minimum Gasteiger partial charge on any atom is -0.493 e. The molecule has 0 aliphatic heterocycles. The zero-order valence-electron chi connectivity index (χ0n) is 13.6. The van der Waals surface area contributed by atoms with E-state index in [0.29, 0.717) is 19.6 Å². The highest BCUT2D eigenvalue weighted by Crippen LogP contribution is 2.27. The molecule has 2 aromatic carbocycles. The molecule has 0 saturated carbocycles. The molecule has 0 radical (unpaired) electrons. The zero-order chi connectivity index (χ0) is 16.9. The molecule has 0 atom stereocenters. The van der Waals surface area contributed by atoms with Crippen LogP contribution in [0.15, 0.2) is 48.5 Å². The number of anilines is 1. The van der Waals surface area contributed by atoms with Crippen molar-refractivity contribution in [3.63, 3.8) is 0 Å². The average Bonchev–Trinajstić information content (AvgIpc) is 2.61. The lowest BCUT2D eigenvalue weighted by Crippen LogP contribution is -2.11. The van der Waals surface area contributed by atoms with Crippen LogP contribution in [0.3, 0.4) is 0 Å². The third-order valence-corrected chi connectivity index (χ3v) is 3.01. The minimum absolute atomic E-state index is 0.513. The highest BCUT2D eigenvalue weighted by Gasteiger charge is 2.04. The molecule has 0 unspecified atom stereocenters. The van der Waals surface area contributed by atoms with Crippen molar-refractivity contribution in [1.82, 2.24) is 0 Å². The number of hydrogen-bond acceptors (Lipinski definition) is 4. The van der Waals surface area contributed by atoms with E-state index in [9.17, 15) is 4.79 Å². The number of carbonyl (C=O) groups is 1. The quantitative estimate of drug-likeness (QED) is 0.770. The molecule has 2 rings (SSSR count). The fourth-order valence-electron chi connectivity index (χ4n) is 1.82. The summed E-state index contributed by atoms with van der Waals surface area (Å²) in [6.45, 7) is 3.13. The van der Waals surface area contributed by atoms with Gasteiger partial charge in [-0.25, -0.2) is 0 Å². The number of nitrogens with two attached hydrogens (primary N) is 1. The molecule has 2 aromatic rings. The topological polar surface area (TPSA) is 73.6 Å².